The van der Waals surface area contributed by atoms with E-state index in [-0.39, 0.29) is 17.7 Å². The second kappa shape index (κ2) is 4.28. The largest absolute Gasteiger partial charge is 0.269 e. The van der Waals surface area contributed by atoms with E-state index in [0.29, 0.717) is 5.69 Å². The Labute approximate surface area is 108 Å². The van der Waals surface area contributed by atoms with E-state index in [1.54, 1.807) is 24.4 Å². The van der Waals surface area contributed by atoms with Gasteiger partial charge in [-0.1, -0.05) is 6.07 Å². The number of fused-ring (bicyclic) bond motifs is 1. The molecule has 4 nitrogen and oxygen atoms in total. The van der Waals surface area contributed by atoms with Crippen LogP contribution in [0, 0.1) is 5.82 Å². The van der Waals surface area contributed by atoms with Crippen LogP contribution in [0.1, 0.15) is 26.4 Å². The Morgan fingerprint density at radius 3 is 2.58 bits per heavy atom. The third-order valence-electron chi connectivity index (χ3n) is 2.98. The van der Waals surface area contributed by atoms with Gasteiger partial charge in [-0.3, -0.25) is 19.5 Å². The summed E-state index contributed by atoms with van der Waals surface area (Å²) in [7, 11) is 0. The fourth-order valence-corrected chi connectivity index (χ4v) is 2.06. The summed E-state index contributed by atoms with van der Waals surface area (Å²) >= 11 is 0. The van der Waals surface area contributed by atoms with Crippen LogP contribution in [0.5, 0.6) is 0 Å². The average Bonchev–Trinajstić information content (AvgIpc) is 2.65. The molecule has 2 heterocycles. The maximum absolute atomic E-state index is 13.1. The Balaban J connectivity index is 1.95. The third-order valence-corrected chi connectivity index (χ3v) is 2.98. The lowest BCUT2D eigenvalue weighted by Gasteiger charge is -2.12. The molecule has 0 aliphatic carbocycles. The number of aromatic nitrogens is 1. The van der Waals surface area contributed by atoms with E-state index in [0.717, 1.165) is 11.0 Å². The number of carbonyl (C=O) groups is 2. The second-order valence-corrected chi connectivity index (χ2v) is 4.21. The van der Waals surface area contributed by atoms with Crippen LogP contribution in [0.2, 0.25) is 0 Å². The van der Waals surface area contributed by atoms with Gasteiger partial charge in [0.25, 0.3) is 11.8 Å². The van der Waals surface area contributed by atoms with E-state index in [9.17, 15) is 14.0 Å². The minimum absolute atomic E-state index is 0.0921. The molecule has 1 aliphatic heterocycles. The zero-order valence-electron chi connectivity index (χ0n) is 9.84. The van der Waals surface area contributed by atoms with Crippen molar-refractivity contribution >= 4 is 11.8 Å². The molecule has 0 radical (unpaired) electrons. The summed E-state index contributed by atoms with van der Waals surface area (Å²) in [6.07, 6.45) is 1.59. The van der Waals surface area contributed by atoms with E-state index in [4.69, 9.17) is 0 Å². The zero-order valence-corrected chi connectivity index (χ0v) is 9.84. The second-order valence-electron chi connectivity index (χ2n) is 4.21. The molecule has 1 aromatic heterocycles. The smallest absolute Gasteiger partial charge is 0.262 e. The number of nitrogens with zero attached hydrogens (tertiary/aromatic N) is 2. The molecule has 0 atom stereocenters. The molecular formula is C14H9FN2O2. The first kappa shape index (κ1) is 11.5. The van der Waals surface area contributed by atoms with E-state index in [1.165, 1.54) is 12.1 Å². The predicted octanol–water partition coefficient (Wildman–Crippen LogP) is 2.02. The lowest BCUT2D eigenvalue weighted by Crippen LogP contribution is -2.29. The third kappa shape index (κ3) is 1.89. The fraction of sp³-hybridized carbons (Fsp3) is 0.0714. The zero-order chi connectivity index (χ0) is 13.4. The molecule has 1 aliphatic rings. The molecule has 0 fully saturated rings. The van der Waals surface area contributed by atoms with Crippen LogP contribution in [0.25, 0.3) is 0 Å². The Hall–Kier alpha value is -2.56. The molecule has 0 N–H and O–H groups in total. The van der Waals surface area contributed by atoms with Crippen LogP contribution in [-0.2, 0) is 6.54 Å². The highest BCUT2D eigenvalue weighted by atomic mass is 19.1. The van der Waals surface area contributed by atoms with Gasteiger partial charge >= 0.3 is 0 Å². The van der Waals surface area contributed by atoms with Crippen molar-refractivity contribution in [1.82, 2.24) is 9.88 Å². The summed E-state index contributed by atoms with van der Waals surface area (Å²) < 4.78 is 13.1. The van der Waals surface area contributed by atoms with E-state index in [2.05, 4.69) is 4.98 Å². The number of hydrogen-bond acceptors (Lipinski definition) is 3. The molecule has 5 heteroatoms. The number of carbonyl (C=O) groups excluding carboxylic acids is 2. The SMILES string of the molecule is O=C1c2ccc(F)cc2C(=O)N1Cc1ccccn1. The van der Waals surface area contributed by atoms with Crippen molar-refractivity contribution in [2.45, 2.75) is 6.54 Å². The predicted molar refractivity (Wildman–Crippen MR) is 64.8 cm³/mol. The number of rotatable bonds is 2. The molecule has 0 saturated carbocycles. The molecular weight excluding hydrogens is 247 g/mol. The first-order valence-corrected chi connectivity index (χ1v) is 5.72. The minimum atomic E-state index is -0.528. The molecule has 3 rings (SSSR count). The summed E-state index contributed by atoms with van der Waals surface area (Å²) in [5.41, 5.74) is 0.959. The van der Waals surface area contributed by atoms with Gasteiger partial charge in [-0.15, -0.1) is 0 Å². The topological polar surface area (TPSA) is 50.3 Å². The molecule has 0 bridgehead atoms. The van der Waals surface area contributed by atoms with E-state index >= 15 is 0 Å². The average molecular weight is 256 g/mol. The molecule has 19 heavy (non-hydrogen) atoms. The highest BCUT2D eigenvalue weighted by molar-refractivity contribution is 6.21. The van der Waals surface area contributed by atoms with Crippen molar-refractivity contribution in [1.29, 1.82) is 0 Å². The maximum atomic E-state index is 13.1. The first-order valence-electron chi connectivity index (χ1n) is 5.72. The van der Waals surface area contributed by atoms with Crippen LogP contribution in [0.15, 0.2) is 42.6 Å². The Bertz CT molecular complexity index is 670. The van der Waals surface area contributed by atoms with E-state index < -0.39 is 17.6 Å². The quantitative estimate of drug-likeness (QED) is 0.772. The van der Waals surface area contributed by atoms with Crippen molar-refractivity contribution < 1.29 is 14.0 Å². The van der Waals surface area contributed by atoms with Gasteiger partial charge in [-0.2, -0.15) is 0 Å². The Kier molecular flexibility index (Phi) is 2.59. The normalized spacial score (nSPS) is 13.8. The van der Waals surface area contributed by atoms with Gasteiger partial charge in [-0.25, -0.2) is 4.39 Å². The highest BCUT2D eigenvalue weighted by Gasteiger charge is 2.35. The molecule has 0 spiro atoms. The van der Waals surface area contributed by atoms with Crippen molar-refractivity contribution in [3.05, 3.63) is 65.2 Å². The summed E-state index contributed by atoms with van der Waals surface area (Å²) in [5.74, 6) is -1.42. The summed E-state index contributed by atoms with van der Waals surface area (Å²) in [4.78, 5) is 29.3. The lowest BCUT2D eigenvalue weighted by molar-refractivity contribution is 0.0640. The molecule has 0 unspecified atom stereocenters. The van der Waals surface area contributed by atoms with Gasteiger partial charge in [0.2, 0.25) is 0 Å². The molecule has 0 saturated heterocycles. The Morgan fingerprint density at radius 2 is 1.84 bits per heavy atom. The number of halogens is 1. The number of amides is 2. The maximum Gasteiger partial charge on any atom is 0.262 e. The summed E-state index contributed by atoms with van der Waals surface area (Å²) in [5, 5.41) is 0. The van der Waals surface area contributed by atoms with Crippen molar-refractivity contribution in [2.75, 3.05) is 0 Å². The monoisotopic (exact) mass is 256 g/mol. The summed E-state index contributed by atoms with van der Waals surface area (Å²) in [6.45, 7) is 0.0921. The minimum Gasteiger partial charge on any atom is -0.269 e. The van der Waals surface area contributed by atoms with Crippen LogP contribution in [0.4, 0.5) is 4.39 Å². The van der Waals surface area contributed by atoms with Crippen LogP contribution in [-0.4, -0.2) is 21.7 Å². The summed E-state index contributed by atoms with van der Waals surface area (Å²) in [6, 6.07) is 8.86. The van der Waals surface area contributed by atoms with Crippen molar-refractivity contribution in [2.24, 2.45) is 0 Å². The van der Waals surface area contributed by atoms with Gasteiger partial charge in [-0.05, 0) is 30.3 Å². The van der Waals surface area contributed by atoms with Gasteiger partial charge < -0.3 is 0 Å². The molecule has 1 aromatic carbocycles. The van der Waals surface area contributed by atoms with Crippen LogP contribution >= 0.6 is 0 Å². The number of pyridine rings is 1. The Morgan fingerprint density at radius 1 is 1.05 bits per heavy atom. The van der Waals surface area contributed by atoms with Crippen LogP contribution < -0.4 is 0 Å². The van der Waals surface area contributed by atoms with Crippen molar-refractivity contribution in [3.63, 3.8) is 0 Å². The number of imide groups is 1. The van der Waals surface area contributed by atoms with Gasteiger partial charge in [0.05, 0.1) is 23.4 Å². The fourth-order valence-electron chi connectivity index (χ4n) is 2.06. The van der Waals surface area contributed by atoms with Gasteiger partial charge in [0.1, 0.15) is 5.82 Å². The molecule has 94 valence electrons. The van der Waals surface area contributed by atoms with Gasteiger partial charge in [0, 0.05) is 6.20 Å². The standard InChI is InChI=1S/C14H9FN2O2/c15-9-4-5-11-12(7-9)14(19)17(13(11)18)8-10-3-1-2-6-16-10/h1-7H,8H2. The van der Waals surface area contributed by atoms with Crippen molar-refractivity contribution in [3.8, 4) is 0 Å². The van der Waals surface area contributed by atoms with E-state index in [1.807, 2.05) is 0 Å². The highest BCUT2D eigenvalue weighted by Crippen LogP contribution is 2.24. The number of benzene rings is 1. The van der Waals surface area contributed by atoms with Crippen LogP contribution in [0.3, 0.4) is 0 Å². The lowest BCUT2D eigenvalue weighted by atomic mass is 10.1. The number of hydrogen-bond donors (Lipinski definition) is 0. The molecule has 2 amide bonds. The first-order chi connectivity index (χ1) is 9.16. The van der Waals surface area contributed by atoms with Gasteiger partial charge in [0.15, 0.2) is 0 Å². The molecule has 2 aromatic rings.